The third kappa shape index (κ3) is 2.13. The molecular formula is C12H15IO2. The van der Waals surface area contributed by atoms with Crippen LogP contribution in [-0.2, 0) is 5.60 Å². The van der Waals surface area contributed by atoms with E-state index < -0.39 is 5.60 Å². The molecule has 0 radical (unpaired) electrons. The van der Waals surface area contributed by atoms with Crippen LogP contribution in [0.2, 0.25) is 0 Å². The monoisotopic (exact) mass is 318 g/mol. The van der Waals surface area contributed by atoms with Gasteiger partial charge in [0.1, 0.15) is 11.4 Å². The Morgan fingerprint density at radius 1 is 1.33 bits per heavy atom. The highest BCUT2D eigenvalue weighted by molar-refractivity contribution is 14.1. The third-order valence-electron chi connectivity index (χ3n) is 3.13. The molecule has 1 aliphatic carbocycles. The first-order valence-corrected chi connectivity index (χ1v) is 6.53. The van der Waals surface area contributed by atoms with Crippen molar-refractivity contribution >= 4 is 22.6 Å². The van der Waals surface area contributed by atoms with Crippen LogP contribution in [0.5, 0.6) is 5.75 Å². The van der Waals surface area contributed by atoms with Crippen molar-refractivity contribution in [1.29, 1.82) is 0 Å². The summed E-state index contributed by atoms with van der Waals surface area (Å²) in [6.07, 6.45) is 4.09. The van der Waals surface area contributed by atoms with Crippen LogP contribution in [0.3, 0.4) is 0 Å². The van der Waals surface area contributed by atoms with E-state index in [4.69, 9.17) is 0 Å². The molecule has 15 heavy (non-hydrogen) atoms. The number of phenolic OH excluding ortho intramolecular Hbond substituents is 1. The van der Waals surface area contributed by atoms with Gasteiger partial charge in [-0.15, -0.1) is 0 Å². The van der Waals surface area contributed by atoms with Gasteiger partial charge >= 0.3 is 0 Å². The lowest BCUT2D eigenvalue weighted by molar-refractivity contribution is 0.0109. The Morgan fingerprint density at radius 3 is 2.80 bits per heavy atom. The van der Waals surface area contributed by atoms with Crippen LogP contribution in [0.25, 0.3) is 0 Å². The predicted molar refractivity (Wildman–Crippen MR) is 68.3 cm³/mol. The van der Waals surface area contributed by atoms with Crippen molar-refractivity contribution in [3.63, 3.8) is 0 Å². The number of hydrogen-bond acceptors (Lipinski definition) is 2. The molecule has 2 atom stereocenters. The van der Waals surface area contributed by atoms with Crippen LogP contribution in [0.4, 0.5) is 0 Å². The van der Waals surface area contributed by atoms with Crippen LogP contribution < -0.4 is 0 Å². The molecule has 0 aliphatic heterocycles. The summed E-state index contributed by atoms with van der Waals surface area (Å²) in [6, 6.07) is 7.01. The van der Waals surface area contributed by atoms with E-state index in [2.05, 4.69) is 22.6 Å². The first-order chi connectivity index (χ1) is 7.13. The number of benzene rings is 1. The SMILES string of the molecule is Oc1cccc(C2(O)CCCCC2I)c1. The first-order valence-electron chi connectivity index (χ1n) is 5.29. The fourth-order valence-corrected chi connectivity index (χ4v) is 3.33. The summed E-state index contributed by atoms with van der Waals surface area (Å²) in [6.45, 7) is 0. The van der Waals surface area contributed by atoms with Crippen LogP contribution in [0.1, 0.15) is 31.2 Å². The molecule has 1 aliphatic rings. The maximum Gasteiger partial charge on any atom is 0.115 e. The number of aromatic hydroxyl groups is 1. The van der Waals surface area contributed by atoms with E-state index in [1.807, 2.05) is 6.07 Å². The van der Waals surface area contributed by atoms with Gasteiger partial charge in [0.2, 0.25) is 0 Å². The van der Waals surface area contributed by atoms with Crippen molar-refractivity contribution in [2.24, 2.45) is 0 Å². The molecule has 2 nitrogen and oxygen atoms in total. The Hall–Kier alpha value is -0.290. The normalized spacial score (nSPS) is 31.5. The molecule has 0 bridgehead atoms. The molecule has 2 rings (SSSR count). The van der Waals surface area contributed by atoms with Crippen molar-refractivity contribution in [3.05, 3.63) is 29.8 Å². The van der Waals surface area contributed by atoms with Gasteiger partial charge in [-0.25, -0.2) is 0 Å². The van der Waals surface area contributed by atoms with E-state index in [-0.39, 0.29) is 9.67 Å². The molecule has 1 aromatic carbocycles. The number of alkyl halides is 1. The number of aliphatic hydroxyl groups is 1. The van der Waals surface area contributed by atoms with Crippen molar-refractivity contribution in [1.82, 2.24) is 0 Å². The van der Waals surface area contributed by atoms with Crippen LogP contribution in [0.15, 0.2) is 24.3 Å². The van der Waals surface area contributed by atoms with E-state index in [0.717, 1.165) is 24.8 Å². The highest BCUT2D eigenvalue weighted by Crippen LogP contribution is 2.42. The van der Waals surface area contributed by atoms with E-state index in [0.29, 0.717) is 0 Å². The minimum absolute atomic E-state index is 0.232. The fraction of sp³-hybridized carbons (Fsp3) is 0.500. The van der Waals surface area contributed by atoms with E-state index in [1.54, 1.807) is 18.2 Å². The minimum atomic E-state index is -0.752. The topological polar surface area (TPSA) is 40.5 Å². The average molecular weight is 318 g/mol. The lowest BCUT2D eigenvalue weighted by Crippen LogP contribution is -2.38. The van der Waals surface area contributed by atoms with Gasteiger partial charge in [0, 0.05) is 3.92 Å². The Balaban J connectivity index is 2.34. The molecule has 82 valence electrons. The van der Waals surface area contributed by atoms with Crippen LogP contribution in [0, 0.1) is 0 Å². The number of phenols is 1. The predicted octanol–water partition coefficient (Wildman–Crippen LogP) is 2.96. The molecule has 0 aromatic heterocycles. The van der Waals surface area contributed by atoms with Gasteiger partial charge in [0.05, 0.1) is 0 Å². The van der Waals surface area contributed by atoms with Gasteiger partial charge in [-0.2, -0.15) is 0 Å². The molecular weight excluding hydrogens is 303 g/mol. The maximum absolute atomic E-state index is 10.6. The van der Waals surface area contributed by atoms with E-state index in [1.165, 1.54) is 6.42 Å². The Labute approximate surface area is 103 Å². The summed E-state index contributed by atoms with van der Waals surface area (Å²) >= 11 is 2.32. The standard InChI is InChI=1S/C12H15IO2/c13-11-6-1-2-7-12(11,15)9-4-3-5-10(14)8-9/h3-5,8,11,14-15H,1-2,6-7H2. The largest absolute Gasteiger partial charge is 0.508 e. The summed E-state index contributed by atoms with van der Waals surface area (Å²) in [5.41, 5.74) is 0.0963. The second kappa shape index (κ2) is 4.29. The molecule has 0 amide bonds. The van der Waals surface area contributed by atoms with Crippen LogP contribution >= 0.6 is 22.6 Å². The van der Waals surface area contributed by atoms with Gasteiger partial charge in [-0.1, -0.05) is 47.6 Å². The number of hydrogen-bond donors (Lipinski definition) is 2. The van der Waals surface area contributed by atoms with Crippen molar-refractivity contribution in [3.8, 4) is 5.75 Å². The number of halogens is 1. The van der Waals surface area contributed by atoms with Gasteiger partial charge < -0.3 is 10.2 Å². The van der Waals surface area contributed by atoms with E-state index in [9.17, 15) is 10.2 Å². The molecule has 2 unspecified atom stereocenters. The van der Waals surface area contributed by atoms with Gasteiger partial charge in [-0.05, 0) is 30.5 Å². The molecule has 2 N–H and O–H groups in total. The van der Waals surface area contributed by atoms with Crippen molar-refractivity contribution in [2.75, 3.05) is 0 Å². The number of rotatable bonds is 1. The molecule has 1 fully saturated rings. The smallest absolute Gasteiger partial charge is 0.115 e. The molecule has 3 heteroatoms. The maximum atomic E-state index is 10.6. The molecule has 0 spiro atoms. The lowest BCUT2D eigenvalue weighted by atomic mass is 9.79. The van der Waals surface area contributed by atoms with Crippen molar-refractivity contribution in [2.45, 2.75) is 35.2 Å². The Kier molecular flexibility index (Phi) is 3.21. The minimum Gasteiger partial charge on any atom is -0.508 e. The molecule has 1 saturated carbocycles. The van der Waals surface area contributed by atoms with Gasteiger partial charge in [0.15, 0.2) is 0 Å². The summed E-state index contributed by atoms with van der Waals surface area (Å²) in [5.74, 6) is 0.232. The quantitative estimate of drug-likeness (QED) is 0.617. The average Bonchev–Trinajstić information content (AvgIpc) is 2.23. The zero-order chi connectivity index (χ0) is 10.9. The highest BCUT2D eigenvalue weighted by Gasteiger charge is 2.38. The fourth-order valence-electron chi connectivity index (χ4n) is 2.21. The third-order valence-corrected chi connectivity index (χ3v) is 4.78. The summed E-state index contributed by atoms with van der Waals surface area (Å²) in [7, 11) is 0. The molecule has 1 aromatic rings. The Bertz CT molecular complexity index is 353. The second-order valence-electron chi connectivity index (χ2n) is 4.19. The van der Waals surface area contributed by atoms with Crippen molar-refractivity contribution < 1.29 is 10.2 Å². The summed E-state index contributed by atoms with van der Waals surface area (Å²) < 4.78 is 0.241. The highest BCUT2D eigenvalue weighted by atomic mass is 127. The zero-order valence-corrected chi connectivity index (χ0v) is 10.6. The van der Waals surface area contributed by atoms with Crippen LogP contribution in [-0.4, -0.2) is 14.1 Å². The molecule has 0 heterocycles. The first kappa shape index (κ1) is 11.2. The second-order valence-corrected chi connectivity index (χ2v) is 5.69. The van der Waals surface area contributed by atoms with Gasteiger partial charge in [-0.3, -0.25) is 0 Å². The lowest BCUT2D eigenvalue weighted by Gasteiger charge is -2.37. The summed E-state index contributed by atoms with van der Waals surface area (Å²) in [4.78, 5) is 0. The van der Waals surface area contributed by atoms with Gasteiger partial charge in [0.25, 0.3) is 0 Å². The van der Waals surface area contributed by atoms with E-state index >= 15 is 0 Å². The molecule has 0 saturated heterocycles. The Morgan fingerprint density at radius 2 is 2.13 bits per heavy atom. The summed E-state index contributed by atoms with van der Waals surface area (Å²) in [5, 5.41) is 20.0. The zero-order valence-electron chi connectivity index (χ0n) is 8.49.